The summed E-state index contributed by atoms with van der Waals surface area (Å²) >= 11 is 0. The number of halogens is 3. The Morgan fingerprint density at radius 3 is 2.43 bits per heavy atom. The number of carbonyl (C=O) groups is 1. The molecule has 1 amide bonds. The summed E-state index contributed by atoms with van der Waals surface area (Å²) in [5, 5.41) is 0. The Morgan fingerprint density at radius 2 is 1.87 bits per heavy atom. The van der Waals surface area contributed by atoms with Gasteiger partial charge in [-0.05, 0) is 31.9 Å². The van der Waals surface area contributed by atoms with Gasteiger partial charge in [0.05, 0.1) is 0 Å². The maximum absolute atomic E-state index is 12.8. The Morgan fingerprint density at radius 1 is 1.26 bits per heavy atom. The number of amides is 1. The lowest BCUT2D eigenvalue weighted by Crippen LogP contribution is -2.49. The van der Waals surface area contributed by atoms with E-state index < -0.39 is 31.3 Å². The number of alkyl halides is 3. The summed E-state index contributed by atoms with van der Waals surface area (Å²) in [5.41, 5.74) is 1.03. The van der Waals surface area contributed by atoms with Gasteiger partial charge < -0.3 is 14.4 Å². The fourth-order valence-corrected chi connectivity index (χ4v) is 2.47. The molecule has 1 saturated heterocycles. The molecule has 1 aromatic rings. The summed E-state index contributed by atoms with van der Waals surface area (Å²) in [6.45, 7) is 0.978. The molecule has 0 aromatic heterocycles. The molecule has 1 heterocycles. The van der Waals surface area contributed by atoms with E-state index in [0.29, 0.717) is 31.8 Å². The van der Waals surface area contributed by atoms with E-state index in [1.165, 1.54) is 0 Å². The molecule has 7 heteroatoms. The Balaban J connectivity index is 1.98. The van der Waals surface area contributed by atoms with Crippen molar-refractivity contribution in [2.24, 2.45) is 0 Å². The van der Waals surface area contributed by atoms with Crippen LogP contribution in [0.5, 0.6) is 5.75 Å². The molecule has 0 saturated carbocycles. The first-order valence-corrected chi connectivity index (χ1v) is 7.48. The lowest BCUT2D eigenvalue weighted by molar-refractivity contribution is -0.170. The van der Waals surface area contributed by atoms with Gasteiger partial charge in [-0.25, -0.2) is 0 Å². The van der Waals surface area contributed by atoms with Crippen molar-refractivity contribution in [3.8, 4) is 5.75 Å². The van der Waals surface area contributed by atoms with Crippen LogP contribution in [0, 0.1) is 6.92 Å². The van der Waals surface area contributed by atoms with Crippen LogP contribution in [0.3, 0.4) is 0 Å². The monoisotopic (exact) mass is 331 g/mol. The maximum atomic E-state index is 12.8. The van der Waals surface area contributed by atoms with Gasteiger partial charge in [-0.1, -0.05) is 17.7 Å². The highest BCUT2D eigenvalue weighted by Crippen LogP contribution is 2.22. The zero-order chi connectivity index (χ0) is 16.9. The predicted octanol–water partition coefficient (Wildman–Crippen LogP) is 2.94. The Hall–Kier alpha value is -1.76. The molecule has 1 aromatic carbocycles. The quantitative estimate of drug-likeness (QED) is 0.833. The number of carbonyl (C=O) groups excluding carboxylic acids is 1. The molecule has 0 radical (unpaired) electrons. The third-order valence-electron chi connectivity index (χ3n) is 3.68. The molecule has 0 N–H and O–H groups in total. The van der Waals surface area contributed by atoms with Gasteiger partial charge >= 0.3 is 6.18 Å². The Bertz CT molecular complexity index is 510. The van der Waals surface area contributed by atoms with E-state index in [1.54, 1.807) is 12.1 Å². The van der Waals surface area contributed by atoms with Crippen LogP contribution in [0.1, 0.15) is 18.4 Å². The number of benzene rings is 1. The van der Waals surface area contributed by atoms with Crippen LogP contribution >= 0.6 is 0 Å². The number of hydrogen-bond acceptors (Lipinski definition) is 3. The van der Waals surface area contributed by atoms with Crippen molar-refractivity contribution in [2.75, 3.05) is 26.4 Å². The summed E-state index contributed by atoms with van der Waals surface area (Å²) in [4.78, 5) is 13.1. The van der Waals surface area contributed by atoms with Crippen molar-refractivity contribution in [3.05, 3.63) is 29.8 Å². The lowest BCUT2D eigenvalue weighted by atomic mass is 10.1. The van der Waals surface area contributed by atoms with Crippen molar-refractivity contribution in [2.45, 2.75) is 32.0 Å². The zero-order valence-corrected chi connectivity index (χ0v) is 12.9. The van der Waals surface area contributed by atoms with Gasteiger partial charge in [0.15, 0.2) is 6.61 Å². The number of nitrogens with zero attached hydrogens (tertiary/aromatic N) is 1. The van der Waals surface area contributed by atoms with E-state index >= 15 is 0 Å². The van der Waals surface area contributed by atoms with E-state index in [4.69, 9.17) is 9.47 Å². The number of rotatable bonds is 5. The van der Waals surface area contributed by atoms with Crippen LogP contribution in [-0.4, -0.2) is 49.4 Å². The molecule has 0 atom stereocenters. The molecule has 1 aliphatic heterocycles. The summed E-state index contributed by atoms with van der Waals surface area (Å²) in [6.07, 6.45) is -3.61. The van der Waals surface area contributed by atoms with Crippen LogP contribution in [0.2, 0.25) is 0 Å². The third-order valence-corrected chi connectivity index (χ3v) is 3.68. The van der Waals surface area contributed by atoms with Crippen molar-refractivity contribution in [3.63, 3.8) is 0 Å². The molecule has 128 valence electrons. The van der Waals surface area contributed by atoms with Crippen LogP contribution in [0.25, 0.3) is 0 Å². The van der Waals surface area contributed by atoms with E-state index in [2.05, 4.69) is 0 Å². The molecular formula is C16H20F3NO3. The fourth-order valence-electron chi connectivity index (χ4n) is 2.47. The number of hydrogen-bond donors (Lipinski definition) is 0. The summed E-state index contributed by atoms with van der Waals surface area (Å²) < 4.78 is 48.8. The van der Waals surface area contributed by atoms with E-state index in [1.807, 2.05) is 19.1 Å². The van der Waals surface area contributed by atoms with Gasteiger partial charge in [0, 0.05) is 19.3 Å². The predicted molar refractivity (Wildman–Crippen MR) is 78.3 cm³/mol. The van der Waals surface area contributed by atoms with E-state index in [0.717, 1.165) is 10.5 Å². The average molecular weight is 331 g/mol. The van der Waals surface area contributed by atoms with Crippen LogP contribution in [0.15, 0.2) is 24.3 Å². The van der Waals surface area contributed by atoms with Crippen molar-refractivity contribution in [1.82, 2.24) is 4.90 Å². The van der Waals surface area contributed by atoms with Gasteiger partial charge in [-0.15, -0.1) is 0 Å². The first kappa shape index (κ1) is 17.6. The van der Waals surface area contributed by atoms with Crippen molar-refractivity contribution < 1.29 is 27.4 Å². The van der Waals surface area contributed by atoms with Crippen LogP contribution in [-0.2, 0) is 9.53 Å². The minimum Gasteiger partial charge on any atom is -0.484 e. The molecule has 0 bridgehead atoms. The molecular weight excluding hydrogens is 311 g/mol. The first-order valence-electron chi connectivity index (χ1n) is 7.48. The Labute approximate surface area is 133 Å². The second kappa shape index (κ2) is 7.68. The highest BCUT2D eigenvalue weighted by molar-refractivity contribution is 5.78. The van der Waals surface area contributed by atoms with Crippen LogP contribution < -0.4 is 4.74 Å². The largest absolute Gasteiger partial charge is 0.484 e. The average Bonchev–Trinajstić information content (AvgIpc) is 2.52. The normalized spacial score (nSPS) is 16.2. The minimum atomic E-state index is -4.43. The van der Waals surface area contributed by atoms with Gasteiger partial charge in [-0.3, -0.25) is 4.79 Å². The van der Waals surface area contributed by atoms with Gasteiger partial charge in [0.1, 0.15) is 12.3 Å². The SMILES string of the molecule is Cc1ccc(OCC(=O)N(CC(F)(F)F)C2CCOCC2)cc1. The van der Waals surface area contributed by atoms with Gasteiger partial charge in [0.25, 0.3) is 5.91 Å². The van der Waals surface area contributed by atoms with Gasteiger partial charge in [0.2, 0.25) is 0 Å². The topological polar surface area (TPSA) is 38.8 Å². The highest BCUT2D eigenvalue weighted by atomic mass is 19.4. The van der Waals surface area contributed by atoms with Crippen molar-refractivity contribution in [1.29, 1.82) is 0 Å². The fraction of sp³-hybridized carbons (Fsp3) is 0.562. The molecule has 1 aliphatic rings. The summed E-state index contributed by atoms with van der Waals surface area (Å²) in [6, 6.07) is 6.54. The first-order chi connectivity index (χ1) is 10.8. The Kier molecular flexibility index (Phi) is 5.87. The van der Waals surface area contributed by atoms with Crippen LogP contribution in [0.4, 0.5) is 13.2 Å². The third kappa shape index (κ3) is 5.74. The molecule has 4 nitrogen and oxygen atoms in total. The number of ether oxygens (including phenoxy) is 2. The molecule has 2 rings (SSSR count). The molecule has 0 unspecified atom stereocenters. The van der Waals surface area contributed by atoms with Gasteiger partial charge in [-0.2, -0.15) is 13.2 Å². The second-order valence-electron chi connectivity index (χ2n) is 5.58. The van der Waals surface area contributed by atoms with E-state index in [-0.39, 0.29) is 0 Å². The molecule has 0 spiro atoms. The number of aryl methyl sites for hydroxylation is 1. The summed E-state index contributed by atoms with van der Waals surface area (Å²) in [7, 11) is 0. The molecule has 0 aliphatic carbocycles. The summed E-state index contributed by atoms with van der Waals surface area (Å²) in [5.74, 6) is -0.197. The highest BCUT2D eigenvalue weighted by Gasteiger charge is 2.37. The zero-order valence-electron chi connectivity index (χ0n) is 12.9. The maximum Gasteiger partial charge on any atom is 0.406 e. The second-order valence-corrected chi connectivity index (χ2v) is 5.58. The van der Waals surface area contributed by atoms with Crippen molar-refractivity contribution >= 4 is 5.91 Å². The van der Waals surface area contributed by atoms with E-state index in [9.17, 15) is 18.0 Å². The molecule has 23 heavy (non-hydrogen) atoms. The molecule has 1 fully saturated rings. The smallest absolute Gasteiger partial charge is 0.406 e. The standard InChI is InChI=1S/C16H20F3NO3/c1-12-2-4-14(5-3-12)23-10-15(21)20(11-16(17,18)19)13-6-8-22-9-7-13/h2-5,13H,6-11H2,1H3. The minimum absolute atomic E-state index is 0.366. The lowest BCUT2D eigenvalue weighted by Gasteiger charge is -2.34.